The van der Waals surface area contributed by atoms with Crippen LogP contribution in [-0.2, 0) is 10.2 Å². The van der Waals surface area contributed by atoms with Crippen molar-refractivity contribution in [2.45, 2.75) is 90.6 Å². The minimum absolute atomic E-state index is 0.0122. The van der Waals surface area contributed by atoms with Crippen molar-refractivity contribution in [1.82, 2.24) is 0 Å². The SMILES string of the molecule is C=C1[C@@H]2Oc3cc(C(C)(C)CCCCCC)cc(OCC(=O)O)c3[C@@H]2[C@H]2C[C@@H]1C2(C)C. The average molecular weight is 427 g/mol. The highest BCUT2D eigenvalue weighted by Gasteiger charge is 2.63. The Labute approximate surface area is 187 Å². The van der Waals surface area contributed by atoms with Crippen LogP contribution >= 0.6 is 0 Å². The lowest BCUT2D eigenvalue weighted by atomic mass is 9.43. The highest BCUT2D eigenvalue weighted by Crippen LogP contribution is 2.69. The number of hydrogen-bond donors (Lipinski definition) is 1. The molecule has 0 aromatic heterocycles. The molecule has 0 amide bonds. The Morgan fingerprint density at radius 3 is 2.68 bits per heavy atom. The summed E-state index contributed by atoms with van der Waals surface area (Å²) < 4.78 is 12.4. The van der Waals surface area contributed by atoms with Gasteiger partial charge in [0.15, 0.2) is 6.61 Å². The van der Waals surface area contributed by atoms with Crippen molar-refractivity contribution in [1.29, 1.82) is 0 Å². The van der Waals surface area contributed by atoms with E-state index in [0.29, 0.717) is 17.6 Å². The van der Waals surface area contributed by atoms with Crippen LogP contribution in [0.4, 0.5) is 0 Å². The Hall–Kier alpha value is -1.97. The molecule has 3 saturated carbocycles. The van der Waals surface area contributed by atoms with E-state index in [0.717, 1.165) is 24.2 Å². The number of fused-ring (bicyclic) bond motifs is 1. The Balaban J connectivity index is 1.70. The highest BCUT2D eigenvalue weighted by atomic mass is 16.5. The van der Waals surface area contributed by atoms with Crippen LogP contribution in [0.3, 0.4) is 0 Å². The molecule has 31 heavy (non-hydrogen) atoms. The molecule has 0 unspecified atom stereocenters. The fourth-order valence-electron chi connectivity index (χ4n) is 6.29. The topological polar surface area (TPSA) is 55.8 Å². The third kappa shape index (κ3) is 3.66. The van der Waals surface area contributed by atoms with Crippen molar-refractivity contribution in [3.63, 3.8) is 0 Å². The van der Waals surface area contributed by atoms with Crippen molar-refractivity contribution < 1.29 is 19.4 Å². The Morgan fingerprint density at radius 1 is 1.29 bits per heavy atom. The third-order valence-corrected chi connectivity index (χ3v) is 8.40. The van der Waals surface area contributed by atoms with E-state index in [-0.39, 0.29) is 29.5 Å². The lowest BCUT2D eigenvalue weighted by molar-refractivity contribution is -0.139. The van der Waals surface area contributed by atoms with Gasteiger partial charge in [0.05, 0.1) is 0 Å². The van der Waals surface area contributed by atoms with Crippen LogP contribution < -0.4 is 9.47 Å². The minimum atomic E-state index is -0.953. The molecule has 1 N–H and O–H groups in total. The first-order valence-corrected chi connectivity index (χ1v) is 12.0. The van der Waals surface area contributed by atoms with E-state index in [9.17, 15) is 9.90 Å². The quantitative estimate of drug-likeness (QED) is 0.363. The zero-order valence-corrected chi connectivity index (χ0v) is 19.8. The van der Waals surface area contributed by atoms with Gasteiger partial charge in [0.1, 0.15) is 17.6 Å². The van der Waals surface area contributed by atoms with Crippen LogP contribution in [0.5, 0.6) is 11.5 Å². The maximum atomic E-state index is 11.3. The van der Waals surface area contributed by atoms with Crippen molar-refractivity contribution in [2.24, 2.45) is 17.3 Å². The van der Waals surface area contributed by atoms with Gasteiger partial charge < -0.3 is 14.6 Å². The molecule has 170 valence electrons. The first kappa shape index (κ1) is 22.2. The number of unbranched alkanes of at least 4 members (excludes halogenated alkanes) is 3. The van der Waals surface area contributed by atoms with Gasteiger partial charge in [0.2, 0.25) is 0 Å². The molecule has 0 spiro atoms. The number of aliphatic carboxylic acids is 1. The molecule has 4 aliphatic rings. The Morgan fingerprint density at radius 2 is 2.03 bits per heavy atom. The largest absolute Gasteiger partial charge is 0.485 e. The third-order valence-electron chi connectivity index (χ3n) is 8.40. The van der Waals surface area contributed by atoms with E-state index in [1.165, 1.54) is 36.8 Å². The van der Waals surface area contributed by atoms with Crippen molar-refractivity contribution >= 4 is 5.97 Å². The lowest BCUT2D eigenvalue weighted by Crippen LogP contribution is -2.57. The molecule has 4 heteroatoms. The number of carbonyl (C=O) groups is 1. The molecule has 0 radical (unpaired) electrons. The van der Waals surface area contributed by atoms with E-state index in [1.54, 1.807) is 0 Å². The molecule has 3 aliphatic carbocycles. The number of carboxylic acids is 1. The van der Waals surface area contributed by atoms with E-state index >= 15 is 0 Å². The summed E-state index contributed by atoms with van der Waals surface area (Å²) in [6, 6.07) is 4.28. The number of carboxylic acid groups (broad SMARTS) is 1. The van der Waals surface area contributed by atoms with E-state index in [2.05, 4.69) is 53.3 Å². The predicted octanol–water partition coefficient (Wildman–Crippen LogP) is 6.47. The first-order valence-electron chi connectivity index (χ1n) is 12.0. The summed E-state index contributed by atoms with van der Waals surface area (Å²) in [6.07, 6.45) is 7.13. The van der Waals surface area contributed by atoms with Gasteiger partial charge in [-0.05, 0) is 58.8 Å². The molecule has 1 aromatic rings. The molecule has 1 aromatic carbocycles. The summed E-state index contributed by atoms with van der Waals surface area (Å²) in [6.45, 7) is 15.5. The van der Waals surface area contributed by atoms with Gasteiger partial charge >= 0.3 is 5.97 Å². The molecule has 1 aliphatic heterocycles. The molecule has 1 heterocycles. The van der Waals surface area contributed by atoms with Crippen LogP contribution in [0.2, 0.25) is 0 Å². The smallest absolute Gasteiger partial charge is 0.341 e. The van der Waals surface area contributed by atoms with Gasteiger partial charge in [-0.15, -0.1) is 0 Å². The van der Waals surface area contributed by atoms with Gasteiger partial charge in [0, 0.05) is 11.5 Å². The standard InChI is InChI=1S/C27H38O4/c1-7-8-9-10-11-26(3,4)17-12-20(30-15-22(28)29)24-21(13-17)31-25-16(2)18-14-19(23(24)25)27(18,5)6/h12-13,18-19,23,25H,2,7-11,14-15H2,1,3-6H3,(H,28,29)/t18-,19+,23-,25-/m0/s1. The lowest BCUT2D eigenvalue weighted by Gasteiger charge is -2.61. The van der Waals surface area contributed by atoms with E-state index in [1.807, 2.05) is 0 Å². The van der Waals surface area contributed by atoms with Crippen molar-refractivity contribution in [2.75, 3.05) is 6.61 Å². The first-order chi connectivity index (χ1) is 14.6. The Kier molecular flexibility index (Phi) is 5.64. The molecule has 4 nitrogen and oxygen atoms in total. The monoisotopic (exact) mass is 426 g/mol. The second kappa shape index (κ2) is 7.86. The van der Waals surface area contributed by atoms with Crippen LogP contribution in [0.1, 0.15) is 90.2 Å². The molecule has 5 rings (SSSR count). The number of ether oxygens (including phenoxy) is 2. The summed E-state index contributed by atoms with van der Waals surface area (Å²) in [5.41, 5.74) is 3.59. The summed E-state index contributed by atoms with van der Waals surface area (Å²) in [4.78, 5) is 11.3. The van der Waals surface area contributed by atoms with Gasteiger partial charge in [-0.3, -0.25) is 0 Å². The Bertz CT molecular complexity index is 881. The van der Waals surface area contributed by atoms with Crippen LogP contribution in [-0.4, -0.2) is 23.8 Å². The molecule has 3 fully saturated rings. The molecule has 4 atom stereocenters. The van der Waals surface area contributed by atoms with Gasteiger partial charge in [0.25, 0.3) is 0 Å². The average Bonchev–Trinajstić information content (AvgIpc) is 3.09. The zero-order valence-electron chi connectivity index (χ0n) is 19.8. The van der Waals surface area contributed by atoms with Crippen molar-refractivity contribution in [3.8, 4) is 11.5 Å². The fourth-order valence-corrected chi connectivity index (χ4v) is 6.29. The second-order valence-electron chi connectivity index (χ2n) is 11.1. The maximum absolute atomic E-state index is 11.3. The predicted molar refractivity (Wildman–Crippen MR) is 123 cm³/mol. The zero-order chi connectivity index (χ0) is 22.6. The second-order valence-corrected chi connectivity index (χ2v) is 11.1. The van der Waals surface area contributed by atoms with Gasteiger partial charge in [-0.2, -0.15) is 0 Å². The highest BCUT2D eigenvalue weighted by molar-refractivity contribution is 5.69. The summed E-state index contributed by atoms with van der Waals surface area (Å²) in [5, 5.41) is 9.27. The van der Waals surface area contributed by atoms with Crippen LogP contribution in [0.25, 0.3) is 0 Å². The van der Waals surface area contributed by atoms with Crippen molar-refractivity contribution in [3.05, 3.63) is 35.4 Å². The molecule has 2 bridgehead atoms. The van der Waals surface area contributed by atoms with Crippen LogP contribution in [0.15, 0.2) is 24.3 Å². The van der Waals surface area contributed by atoms with Gasteiger partial charge in [-0.1, -0.05) is 66.9 Å². The number of hydrogen-bond acceptors (Lipinski definition) is 3. The summed E-state index contributed by atoms with van der Waals surface area (Å²) >= 11 is 0. The minimum Gasteiger partial charge on any atom is -0.485 e. The molecular formula is C27H38O4. The fraction of sp³-hybridized carbons (Fsp3) is 0.667. The van der Waals surface area contributed by atoms with Crippen LogP contribution in [0, 0.1) is 17.3 Å². The molecular weight excluding hydrogens is 388 g/mol. The number of benzene rings is 1. The normalized spacial score (nSPS) is 27.7. The number of rotatable bonds is 9. The van der Waals surface area contributed by atoms with E-state index in [4.69, 9.17) is 9.47 Å². The summed E-state index contributed by atoms with van der Waals surface area (Å²) in [7, 11) is 0. The summed E-state index contributed by atoms with van der Waals surface area (Å²) in [5.74, 6) is 1.83. The maximum Gasteiger partial charge on any atom is 0.341 e. The van der Waals surface area contributed by atoms with E-state index < -0.39 is 5.97 Å². The van der Waals surface area contributed by atoms with Gasteiger partial charge in [-0.25, -0.2) is 4.79 Å². The molecule has 0 saturated heterocycles.